The maximum atomic E-state index is 13.5. The Morgan fingerprint density at radius 3 is 2.61 bits per heavy atom. The first-order valence-electron chi connectivity index (χ1n) is 5.84. The minimum atomic E-state index is -0.849. The number of methoxy groups -OCH3 is 1. The fourth-order valence-corrected chi connectivity index (χ4v) is 1.86. The van der Waals surface area contributed by atoms with Gasteiger partial charge in [0.2, 0.25) is 0 Å². The Balaban J connectivity index is 2.64. The SMILES string of the molecule is COc1ccc([C@H](C)NC[C@@H](C)[S@](C)=O)cc1F. The van der Waals surface area contributed by atoms with Gasteiger partial charge in [0.05, 0.1) is 7.11 Å². The van der Waals surface area contributed by atoms with E-state index in [0.717, 1.165) is 5.56 Å². The summed E-state index contributed by atoms with van der Waals surface area (Å²) >= 11 is 0. The van der Waals surface area contributed by atoms with Crippen LogP contribution in [0.2, 0.25) is 0 Å². The normalized spacial score (nSPS) is 16.1. The lowest BCUT2D eigenvalue weighted by Crippen LogP contribution is -2.29. The van der Waals surface area contributed by atoms with Crippen molar-refractivity contribution in [2.24, 2.45) is 0 Å². The van der Waals surface area contributed by atoms with E-state index < -0.39 is 10.8 Å². The summed E-state index contributed by atoms with van der Waals surface area (Å²) in [6.07, 6.45) is 1.68. The van der Waals surface area contributed by atoms with Crippen LogP contribution in [-0.4, -0.2) is 29.4 Å². The molecule has 3 nitrogen and oxygen atoms in total. The molecule has 1 N–H and O–H groups in total. The van der Waals surface area contributed by atoms with E-state index in [0.29, 0.717) is 6.54 Å². The summed E-state index contributed by atoms with van der Waals surface area (Å²) in [6.45, 7) is 4.51. The lowest BCUT2D eigenvalue weighted by molar-refractivity contribution is 0.385. The molecule has 0 spiro atoms. The van der Waals surface area contributed by atoms with Crippen LogP contribution < -0.4 is 10.1 Å². The monoisotopic (exact) mass is 273 g/mol. The van der Waals surface area contributed by atoms with Crippen LogP contribution >= 0.6 is 0 Å². The van der Waals surface area contributed by atoms with Crippen molar-refractivity contribution in [2.75, 3.05) is 19.9 Å². The molecule has 0 saturated carbocycles. The second kappa shape index (κ2) is 6.85. The standard InChI is InChI=1S/C13H20FNO2S/c1-9(18(4)16)8-15-10(2)11-5-6-13(17-3)12(14)7-11/h5-7,9-10,15H,8H2,1-4H3/t9-,10+,18+/m1/s1. The molecule has 0 heterocycles. The van der Waals surface area contributed by atoms with Gasteiger partial charge >= 0.3 is 0 Å². The van der Waals surface area contributed by atoms with Gasteiger partial charge in [0, 0.05) is 34.9 Å². The number of benzene rings is 1. The van der Waals surface area contributed by atoms with Crippen LogP contribution in [-0.2, 0) is 10.8 Å². The Morgan fingerprint density at radius 1 is 1.44 bits per heavy atom. The Kier molecular flexibility index (Phi) is 5.75. The van der Waals surface area contributed by atoms with E-state index in [1.165, 1.54) is 13.2 Å². The highest BCUT2D eigenvalue weighted by molar-refractivity contribution is 7.84. The van der Waals surface area contributed by atoms with Gasteiger partial charge in [0.25, 0.3) is 0 Å². The third kappa shape index (κ3) is 4.07. The van der Waals surface area contributed by atoms with Gasteiger partial charge < -0.3 is 10.1 Å². The largest absolute Gasteiger partial charge is 0.494 e. The van der Waals surface area contributed by atoms with Crippen molar-refractivity contribution in [3.8, 4) is 5.75 Å². The molecule has 0 amide bonds. The van der Waals surface area contributed by atoms with Gasteiger partial charge in [0.1, 0.15) is 0 Å². The third-order valence-corrected chi connectivity index (χ3v) is 4.25. The zero-order valence-electron chi connectivity index (χ0n) is 11.2. The average Bonchev–Trinajstić information content (AvgIpc) is 2.35. The zero-order chi connectivity index (χ0) is 13.7. The van der Waals surface area contributed by atoms with E-state index in [4.69, 9.17) is 4.74 Å². The summed E-state index contributed by atoms with van der Waals surface area (Å²) in [5.41, 5.74) is 0.849. The van der Waals surface area contributed by atoms with Crippen molar-refractivity contribution in [1.82, 2.24) is 5.32 Å². The number of halogens is 1. The molecule has 0 saturated heterocycles. The van der Waals surface area contributed by atoms with Crippen LogP contribution in [0.1, 0.15) is 25.5 Å². The molecular formula is C13H20FNO2S. The molecule has 0 bridgehead atoms. The number of nitrogens with one attached hydrogen (secondary N) is 1. The lowest BCUT2D eigenvalue weighted by atomic mass is 10.1. The van der Waals surface area contributed by atoms with E-state index in [1.807, 2.05) is 19.9 Å². The van der Waals surface area contributed by atoms with Gasteiger partial charge in [-0.3, -0.25) is 4.21 Å². The summed E-state index contributed by atoms with van der Waals surface area (Å²) in [5.74, 6) is -0.121. The topological polar surface area (TPSA) is 38.3 Å². The van der Waals surface area contributed by atoms with Gasteiger partial charge in [0.15, 0.2) is 11.6 Å². The van der Waals surface area contributed by atoms with Gasteiger partial charge in [-0.25, -0.2) is 4.39 Å². The molecule has 0 fully saturated rings. The number of hydrogen-bond donors (Lipinski definition) is 1. The van der Waals surface area contributed by atoms with E-state index in [1.54, 1.807) is 12.3 Å². The van der Waals surface area contributed by atoms with Crippen LogP contribution in [0.15, 0.2) is 18.2 Å². The van der Waals surface area contributed by atoms with E-state index >= 15 is 0 Å². The molecule has 1 rings (SSSR count). The molecule has 0 aliphatic heterocycles. The molecule has 5 heteroatoms. The summed E-state index contributed by atoms with van der Waals surface area (Å²) in [5, 5.41) is 3.32. The predicted molar refractivity (Wildman–Crippen MR) is 72.9 cm³/mol. The Morgan fingerprint density at radius 2 is 2.11 bits per heavy atom. The minimum absolute atomic E-state index is 0.0106. The first kappa shape index (κ1) is 15.1. The molecule has 0 unspecified atom stereocenters. The first-order chi connectivity index (χ1) is 8.45. The highest BCUT2D eigenvalue weighted by Gasteiger charge is 2.12. The Labute approximate surface area is 110 Å². The van der Waals surface area contributed by atoms with Crippen LogP contribution in [0, 0.1) is 5.82 Å². The molecule has 0 radical (unpaired) electrons. The quantitative estimate of drug-likeness (QED) is 0.864. The number of ether oxygens (including phenoxy) is 1. The van der Waals surface area contributed by atoms with Crippen molar-refractivity contribution in [1.29, 1.82) is 0 Å². The zero-order valence-corrected chi connectivity index (χ0v) is 12.0. The van der Waals surface area contributed by atoms with Gasteiger partial charge in [-0.2, -0.15) is 0 Å². The highest BCUT2D eigenvalue weighted by atomic mass is 32.2. The maximum Gasteiger partial charge on any atom is 0.165 e. The Bertz CT molecular complexity index is 425. The van der Waals surface area contributed by atoms with Crippen LogP contribution in [0.25, 0.3) is 0 Å². The van der Waals surface area contributed by atoms with Crippen molar-refractivity contribution in [3.63, 3.8) is 0 Å². The molecule has 0 aromatic heterocycles. The Hall–Kier alpha value is -0.940. The van der Waals surface area contributed by atoms with Crippen LogP contribution in [0.5, 0.6) is 5.75 Å². The number of rotatable bonds is 6. The number of hydrogen-bond acceptors (Lipinski definition) is 3. The fourth-order valence-electron chi connectivity index (χ4n) is 1.53. The van der Waals surface area contributed by atoms with Crippen LogP contribution in [0.3, 0.4) is 0 Å². The smallest absolute Gasteiger partial charge is 0.165 e. The molecular weight excluding hydrogens is 253 g/mol. The summed E-state index contributed by atoms with van der Waals surface area (Å²) in [6, 6.07) is 4.91. The van der Waals surface area contributed by atoms with Gasteiger partial charge in [-0.05, 0) is 31.5 Å². The van der Waals surface area contributed by atoms with Crippen molar-refractivity contribution < 1.29 is 13.3 Å². The van der Waals surface area contributed by atoms with Crippen molar-refractivity contribution in [2.45, 2.75) is 25.1 Å². The predicted octanol–water partition coefficient (Wildman–Crippen LogP) is 2.25. The second-order valence-corrected chi connectivity index (χ2v) is 6.14. The molecule has 0 aliphatic carbocycles. The van der Waals surface area contributed by atoms with Crippen molar-refractivity contribution in [3.05, 3.63) is 29.6 Å². The maximum absolute atomic E-state index is 13.5. The van der Waals surface area contributed by atoms with E-state index in [-0.39, 0.29) is 22.9 Å². The lowest BCUT2D eigenvalue weighted by Gasteiger charge is -2.17. The first-order valence-corrected chi connectivity index (χ1v) is 7.47. The molecule has 3 atom stereocenters. The highest BCUT2D eigenvalue weighted by Crippen LogP contribution is 2.21. The summed E-state index contributed by atoms with van der Waals surface area (Å²) < 4.78 is 29.6. The van der Waals surface area contributed by atoms with E-state index in [2.05, 4.69) is 5.32 Å². The van der Waals surface area contributed by atoms with Crippen molar-refractivity contribution >= 4 is 10.8 Å². The minimum Gasteiger partial charge on any atom is -0.494 e. The average molecular weight is 273 g/mol. The molecule has 102 valence electrons. The van der Waals surface area contributed by atoms with E-state index in [9.17, 15) is 8.60 Å². The fraction of sp³-hybridized carbons (Fsp3) is 0.538. The van der Waals surface area contributed by atoms with Gasteiger partial charge in [-0.15, -0.1) is 0 Å². The summed E-state index contributed by atoms with van der Waals surface area (Å²) in [7, 11) is 0.593. The summed E-state index contributed by atoms with van der Waals surface area (Å²) in [4.78, 5) is 0. The molecule has 1 aromatic carbocycles. The van der Waals surface area contributed by atoms with Gasteiger partial charge in [-0.1, -0.05) is 6.07 Å². The second-order valence-electron chi connectivity index (χ2n) is 4.33. The molecule has 0 aliphatic rings. The third-order valence-electron chi connectivity index (χ3n) is 2.95. The molecule has 1 aromatic rings. The van der Waals surface area contributed by atoms with Crippen LogP contribution in [0.4, 0.5) is 4.39 Å². The molecule has 18 heavy (non-hydrogen) atoms.